The molecule has 154 valence electrons. The monoisotopic (exact) mass is 395 g/mol. The number of pyridine rings is 1. The van der Waals surface area contributed by atoms with E-state index >= 15 is 0 Å². The van der Waals surface area contributed by atoms with E-state index in [2.05, 4.69) is 49.5 Å². The van der Waals surface area contributed by atoms with Crippen LogP contribution in [-0.2, 0) is 13.0 Å². The second-order valence-electron chi connectivity index (χ2n) is 7.22. The zero-order chi connectivity index (χ0) is 19.3. The molecule has 2 aromatic heterocycles. The van der Waals surface area contributed by atoms with Crippen LogP contribution >= 0.6 is 0 Å². The molecule has 1 unspecified atom stereocenters. The van der Waals surface area contributed by atoms with E-state index in [1.54, 1.807) is 12.3 Å². The Hall–Kier alpha value is -2.84. The summed E-state index contributed by atoms with van der Waals surface area (Å²) in [5.41, 5.74) is 2.15. The van der Waals surface area contributed by atoms with Crippen LogP contribution in [0.4, 0.5) is 0 Å². The zero-order valence-corrected chi connectivity index (χ0v) is 16.0. The van der Waals surface area contributed by atoms with Crippen LogP contribution in [0.3, 0.4) is 0 Å². The van der Waals surface area contributed by atoms with Gasteiger partial charge in [0, 0.05) is 45.0 Å². The average Bonchev–Trinajstić information content (AvgIpc) is 3.18. The summed E-state index contributed by atoms with van der Waals surface area (Å²) in [6.45, 7) is 4.54. The van der Waals surface area contributed by atoms with Gasteiger partial charge in [-0.2, -0.15) is 0 Å². The first-order chi connectivity index (χ1) is 13.7. The molecule has 4 rings (SSSR count). The number of tetrazole rings is 1. The molecule has 3 aromatic rings. The van der Waals surface area contributed by atoms with E-state index in [0.717, 1.165) is 44.0 Å². The molecular formula is C21H29N7O. The molecule has 1 aliphatic rings. The first-order valence-electron chi connectivity index (χ1n) is 9.62. The van der Waals surface area contributed by atoms with Crippen molar-refractivity contribution in [2.24, 2.45) is 0 Å². The third-order valence-electron chi connectivity index (χ3n) is 5.29. The molecule has 0 bridgehead atoms. The zero-order valence-electron chi connectivity index (χ0n) is 16.0. The SMILES string of the molecule is C.CN1CCN(C(c2ccc(=O)[nH]c2)c2nnnn2CCc2ccccc2)CC1. The van der Waals surface area contributed by atoms with E-state index in [4.69, 9.17) is 0 Å². The van der Waals surface area contributed by atoms with Crippen LogP contribution in [0, 0.1) is 0 Å². The molecule has 1 aromatic carbocycles. The number of likely N-dealkylation sites (N-methyl/N-ethyl adjacent to an activating group) is 1. The third kappa shape index (κ3) is 4.96. The van der Waals surface area contributed by atoms with E-state index in [9.17, 15) is 4.79 Å². The van der Waals surface area contributed by atoms with Crippen molar-refractivity contribution in [3.05, 3.63) is 76.0 Å². The maximum atomic E-state index is 11.6. The smallest absolute Gasteiger partial charge is 0.247 e. The summed E-state index contributed by atoms with van der Waals surface area (Å²) in [5.74, 6) is 0.813. The Balaban J connectivity index is 0.00000240. The fraction of sp³-hybridized carbons (Fsp3) is 0.429. The number of aromatic nitrogens is 5. The number of hydrogen-bond donors (Lipinski definition) is 1. The van der Waals surface area contributed by atoms with Gasteiger partial charge in [0.2, 0.25) is 5.56 Å². The van der Waals surface area contributed by atoms with Crippen molar-refractivity contribution in [3.63, 3.8) is 0 Å². The molecule has 8 nitrogen and oxygen atoms in total. The summed E-state index contributed by atoms with van der Waals surface area (Å²) in [6, 6.07) is 13.7. The molecule has 8 heteroatoms. The molecule has 1 fully saturated rings. The van der Waals surface area contributed by atoms with Crippen molar-refractivity contribution >= 4 is 0 Å². The standard InChI is InChI=1S/C20H25N7O.CH4/c1-25-11-13-26(14-12-25)19(17-7-8-18(28)21-15-17)20-22-23-24-27(20)10-9-16-5-3-2-4-6-16;/h2-8,15,19H,9-14H2,1H3,(H,21,28);1H4. The number of nitrogens with one attached hydrogen (secondary N) is 1. The van der Waals surface area contributed by atoms with E-state index in [0.29, 0.717) is 6.54 Å². The van der Waals surface area contributed by atoms with Crippen molar-refractivity contribution in [3.8, 4) is 0 Å². The van der Waals surface area contributed by atoms with Gasteiger partial charge in [0.15, 0.2) is 5.82 Å². The molecule has 3 heterocycles. The van der Waals surface area contributed by atoms with Gasteiger partial charge in [-0.3, -0.25) is 9.69 Å². The van der Waals surface area contributed by atoms with Gasteiger partial charge in [-0.1, -0.05) is 43.8 Å². The topological polar surface area (TPSA) is 82.9 Å². The number of benzene rings is 1. The van der Waals surface area contributed by atoms with Gasteiger partial charge < -0.3 is 9.88 Å². The van der Waals surface area contributed by atoms with E-state index < -0.39 is 0 Å². The Morgan fingerprint density at radius 1 is 1.07 bits per heavy atom. The number of aryl methyl sites for hydroxylation is 2. The summed E-state index contributed by atoms with van der Waals surface area (Å²) >= 11 is 0. The van der Waals surface area contributed by atoms with Gasteiger partial charge in [0.25, 0.3) is 0 Å². The quantitative estimate of drug-likeness (QED) is 0.682. The molecular weight excluding hydrogens is 366 g/mol. The molecule has 0 radical (unpaired) electrons. The molecule has 1 aliphatic heterocycles. The summed E-state index contributed by atoms with van der Waals surface area (Å²) in [6.07, 6.45) is 2.64. The second kappa shape index (κ2) is 9.58. The highest BCUT2D eigenvalue weighted by molar-refractivity contribution is 5.22. The van der Waals surface area contributed by atoms with E-state index in [1.807, 2.05) is 28.9 Å². The molecule has 0 amide bonds. The van der Waals surface area contributed by atoms with E-state index in [-0.39, 0.29) is 19.0 Å². The molecule has 1 N–H and O–H groups in total. The van der Waals surface area contributed by atoms with Gasteiger partial charge in [-0.05, 0) is 35.0 Å². The Labute approximate surface area is 171 Å². The fourth-order valence-corrected chi connectivity index (χ4v) is 3.64. The number of hydrogen-bond acceptors (Lipinski definition) is 6. The average molecular weight is 396 g/mol. The maximum absolute atomic E-state index is 11.6. The highest BCUT2D eigenvalue weighted by Gasteiger charge is 2.30. The number of aromatic amines is 1. The Morgan fingerprint density at radius 2 is 1.83 bits per heavy atom. The molecule has 0 aliphatic carbocycles. The van der Waals surface area contributed by atoms with Gasteiger partial charge in [0.05, 0.1) is 6.04 Å². The summed E-state index contributed by atoms with van der Waals surface area (Å²) < 4.78 is 1.89. The van der Waals surface area contributed by atoms with Crippen molar-refractivity contribution < 1.29 is 0 Å². The molecule has 1 saturated heterocycles. The normalized spacial score (nSPS) is 16.3. The molecule has 0 spiro atoms. The summed E-state index contributed by atoms with van der Waals surface area (Å²) in [4.78, 5) is 19.1. The number of H-pyrrole nitrogens is 1. The number of nitrogens with zero attached hydrogens (tertiary/aromatic N) is 6. The first-order valence-corrected chi connectivity index (χ1v) is 9.62. The highest BCUT2D eigenvalue weighted by Crippen LogP contribution is 2.27. The van der Waals surface area contributed by atoms with Gasteiger partial charge in [-0.25, -0.2) is 4.68 Å². The van der Waals surface area contributed by atoms with Crippen molar-refractivity contribution in [1.82, 2.24) is 35.0 Å². The third-order valence-corrected chi connectivity index (χ3v) is 5.29. The number of rotatable bonds is 6. The molecule has 29 heavy (non-hydrogen) atoms. The minimum atomic E-state index is -0.107. The van der Waals surface area contributed by atoms with E-state index in [1.165, 1.54) is 5.56 Å². The van der Waals surface area contributed by atoms with Crippen molar-refractivity contribution in [1.29, 1.82) is 0 Å². The highest BCUT2D eigenvalue weighted by atomic mass is 16.1. The lowest BCUT2D eigenvalue weighted by molar-refractivity contribution is 0.121. The van der Waals surface area contributed by atoms with Gasteiger partial charge in [0.1, 0.15) is 0 Å². The summed E-state index contributed by atoms with van der Waals surface area (Å²) in [5, 5.41) is 12.6. The van der Waals surface area contributed by atoms with Crippen LogP contribution in [0.1, 0.15) is 30.4 Å². The van der Waals surface area contributed by atoms with Gasteiger partial charge in [-0.15, -0.1) is 5.10 Å². The van der Waals surface area contributed by atoms with Crippen LogP contribution in [0.15, 0.2) is 53.5 Å². The lowest BCUT2D eigenvalue weighted by Gasteiger charge is -2.37. The Bertz CT molecular complexity index is 924. The maximum Gasteiger partial charge on any atom is 0.247 e. The predicted molar refractivity (Wildman–Crippen MR) is 113 cm³/mol. The first kappa shape index (κ1) is 20.9. The lowest BCUT2D eigenvalue weighted by atomic mass is 10.1. The summed E-state index contributed by atoms with van der Waals surface area (Å²) in [7, 11) is 2.14. The minimum absolute atomic E-state index is 0. The van der Waals surface area contributed by atoms with Crippen LogP contribution in [0.2, 0.25) is 0 Å². The van der Waals surface area contributed by atoms with Crippen LogP contribution in [0.25, 0.3) is 0 Å². The Kier molecular flexibility index (Phi) is 6.90. The van der Waals surface area contributed by atoms with Crippen molar-refractivity contribution in [2.75, 3.05) is 33.2 Å². The van der Waals surface area contributed by atoms with Crippen LogP contribution < -0.4 is 5.56 Å². The van der Waals surface area contributed by atoms with Crippen LogP contribution in [-0.4, -0.2) is 68.2 Å². The molecule has 0 saturated carbocycles. The largest absolute Gasteiger partial charge is 0.329 e. The minimum Gasteiger partial charge on any atom is -0.329 e. The van der Waals surface area contributed by atoms with Crippen molar-refractivity contribution in [2.45, 2.75) is 26.4 Å². The fourth-order valence-electron chi connectivity index (χ4n) is 3.64. The predicted octanol–water partition coefficient (Wildman–Crippen LogP) is 1.58. The van der Waals surface area contributed by atoms with Crippen LogP contribution in [0.5, 0.6) is 0 Å². The van der Waals surface area contributed by atoms with Gasteiger partial charge >= 0.3 is 0 Å². The lowest BCUT2D eigenvalue weighted by Crippen LogP contribution is -2.46. The Morgan fingerprint density at radius 3 is 2.52 bits per heavy atom. The molecule has 1 atom stereocenters. The number of piperazine rings is 1. The second-order valence-corrected chi connectivity index (χ2v) is 7.22.